The standard InChI is InChI=1S/C16H19BrN2O3/c1-3-4-8-22-15(20)13-10(2)18-16(21)19-14(13)11-6-5-7-12(17)9-11/h5-7,9,13-14H,2-4,8H2,1H3,(H2,18,19,21)/t13-,14+/m1/s1. The molecule has 1 fully saturated rings. The maximum atomic E-state index is 12.4. The SMILES string of the molecule is C=C1NC(=O)N[C@@H](c2cccc(Br)c2)[C@@H]1C(=O)OCCCC. The van der Waals surface area contributed by atoms with Crippen LogP contribution in [0, 0.1) is 5.92 Å². The van der Waals surface area contributed by atoms with Crippen molar-refractivity contribution in [2.45, 2.75) is 25.8 Å². The van der Waals surface area contributed by atoms with Crippen LogP contribution in [0.4, 0.5) is 4.79 Å². The summed E-state index contributed by atoms with van der Waals surface area (Å²) < 4.78 is 6.18. The molecule has 0 radical (unpaired) electrons. The molecular formula is C16H19BrN2O3. The van der Waals surface area contributed by atoms with Crippen LogP contribution in [0.2, 0.25) is 0 Å². The minimum absolute atomic E-state index is 0.357. The molecule has 1 aromatic rings. The Bertz CT molecular complexity index is 589. The first-order valence-electron chi connectivity index (χ1n) is 7.21. The van der Waals surface area contributed by atoms with Crippen LogP contribution in [0.1, 0.15) is 31.4 Å². The predicted molar refractivity (Wildman–Crippen MR) is 87.0 cm³/mol. The van der Waals surface area contributed by atoms with Gasteiger partial charge in [0.25, 0.3) is 0 Å². The molecule has 1 aliphatic rings. The second-order valence-corrected chi connectivity index (χ2v) is 6.07. The van der Waals surface area contributed by atoms with Crippen LogP contribution < -0.4 is 10.6 Å². The third kappa shape index (κ3) is 3.88. The molecule has 2 amide bonds. The van der Waals surface area contributed by atoms with Crippen molar-refractivity contribution in [2.75, 3.05) is 6.61 Å². The fourth-order valence-electron chi connectivity index (χ4n) is 2.35. The van der Waals surface area contributed by atoms with Gasteiger partial charge in [-0.15, -0.1) is 0 Å². The highest BCUT2D eigenvalue weighted by Crippen LogP contribution is 2.31. The van der Waals surface area contributed by atoms with Gasteiger partial charge in [-0.05, 0) is 24.1 Å². The van der Waals surface area contributed by atoms with Gasteiger partial charge in [-0.1, -0.05) is 48.0 Å². The number of ether oxygens (including phenoxy) is 1. The van der Waals surface area contributed by atoms with Crippen LogP contribution in [0.5, 0.6) is 0 Å². The van der Waals surface area contributed by atoms with Crippen LogP contribution in [0.3, 0.4) is 0 Å². The Kier molecular flexibility index (Phi) is 5.60. The first-order valence-corrected chi connectivity index (χ1v) is 8.00. The van der Waals surface area contributed by atoms with Gasteiger partial charge in [0.05, 0.1) is 12.6 Å². The lowest BCUT2D eigenvalue weighted by Gasteiger charge is -2.33. The van der Waals surface area contributed by atoms with E-state index in [-0.39, 0.29) is 12.0 Å². The van der Waals surface area contributed by atoms with Gasteiger partial charge in [0.1, 0.15) is 5.92 Å². The number of nitrogens with one attached hydrogen (secondary N) is 2. The topological polar surface area (TPSA) is 67.4 Å². The van der Waals surface area contributed by atoms with E-state index in [9.17, 15) is 9.59 Å². The number of carbonyl (C=O) groups excluding carboxylic acids is 2. The summed E-state index contributed by atoms with van der Waals surface area (Å²) in [5, 5.41) is 5.34. The van der Waals surface area contributed by atoms with Gasteiger partial charge in [-0.3, -0.25) is 4.79 Å². The van der Waals surface area contributed by atoms with Crippen LogP contribution in [0.15, 0.2) is 41.0 Å². The molecule has 1 aliphatic heterocycles. The molecule has 0 saturated carbocycles. The third-order valence-corrected chi connectivity index (χ3v) is 3.97. The third-order valence-electron chi connectivity index (χ3n) is 3.47. The van der Waals surface area contributed by atoms with Crippen molar-refractivity contribution in [3.05, 3.63) is 46.6 Å². The number of unbranched alkanes of at least 4 members (excludes halogenated alkanes) is 1. The van der Waals surface area contributed by atoms with Crippen molar-refractivity contribution in [1.29, 1.82) is 0 Å². The van der Waals surface area contributed by atoms with E-state index in [1.807, 2.05) is 31.2 Å². The van der Waals surface area contributed by atoms with Crippen molar-refractivity contribution >= 4 is 27.9 Å². The van der Waals surface area contributed by atoms with Crippen LogP contribution in [-0.4, -0.2) is 18.6 Å². The molecule has 118 valence electrons. The average molecular weight is 367 g/mol. The summed E-state index contributed by atoms with van der Waals surface area (Å²) in [7, 11) is 0. The maximum absolute atomic E-state index is 12.4. The molecule has 0 spiro atoms. The van der Waals surface area contributed by atoms with Crippen molar-refractivity contribution in [2.24, 2.45) is 5.92 Å². The number of hydrogen-bond donors (Lipinski definition) is 2. The smallest absolute Gasteiger partial charge is 0.319 e. The van der Waals surface area contributed by atoms with Gasteiger partial charge >= 0.3 is 12.0 Å². The fraction of sp³-hybridized carbons (Fsp3) is 0.375. The molecule has 5 nitrogen and oxygen atoms in total. The zero-order chi connectivity index (χ0) is 16.1. The molecule has 2 rings (SSSR count). The molecule has 22 heavy (non-hydrogen) atoms. The molecular weight excluding hydrogens is 348 g/mol. The zero-order valence-electron chi connectivity index (χ0n) is 12.4. The summed E-state index contributed by atoms with van der Waals surface area (Å²) in [6.07, 6.45) is 1.76. The quantitative estimate of drug-likeness (QED) is 0.620. The monoisotopic (exact) mass is 366 g/mol. The first kappa shape index (κ1) is 16.5. The number of rotatable bonds is 5. The molecule has 2 atom stereocenters. The molecule has 6 heteroatoms. The Labute approximate surface area is 138 Å². The van der Waals surface area contributed by atoms with Crippen LogP contribution >= 0.6 is 15.9 Å². The summed E-state index contributed by atoms with van der Waals surface area (Å²) in [6, 6.07) is 6.61. The number of carbonyl (C=O) groups is 2. The minimum atomic E-state index is -0.649. The van der Waals surface area contributed by atoms with E-state index >= 15 is 0 Å². The fourth-order valence-corrected chi connectivity index (χ4v) is 2.76. The maximum Gasteiger partial charge on any atom is 0.319 e. The number of urea groups is 1. The molecule has 1 saturated heterocycles. The van der Waals surface area contributed by atoms with Crippen molar-refractivity contribution in [1.82, 2.24) is 10.6 Å². The highest BCUT2D eigenvalue weighted by Gasteiger charge is 2.38. The summed E-state index contributed by atoms with van der Waals surface area (Å²) in [5.41, 5.74) is 1.18. The summed E-state index contributed by atoms with van der Waals surface area (Å²) in [4.78, 5) is 24.1. The zero-order valence-corrected chi connectivity index (χ0v) is 14.0. The lowest BCUT2D eigenvalue weighted by molar-refractivity contribution is -0.148. The largest absolute Gasteiger partial charge is 0.465 e. The second-order valence-electron chi connectivity index (χ2n) is 5.16. The van der Waals surface area contributed by atoms with Gasteiger partial charge in [-0.2, -0.15) is 0 Å². The van der Waals surface area contributed by atoms with Crippen LogP contribution in [-0.2, 0) is 9.53 Å². The summed E-state index contributed by atoms with van der Waals surface area (Å²) >= 11 is 3.40. The molecule has 0 unspecified atom stereocenters. The van der Waals surface area contributed by atoms with Crippen LogP contribution in [0.25, 0.3) is 0 Å². The lowest BCUT2D eigenvalue weighted by Crippen LogP contribution is -2.51. The van der Waals surface area contributed by atoms with Crippen molar-refractivity contribution in [3.8, 4) is 0 Å². The minimum Gasteiger partial charge on any atom is -0.465 e. The summed E-state index contributed by atoms with van der Waals surface area (Å²) in [6.45, 7) is 6.21. The Hall–Kier alpha value is -1.82. The molecule has 1 heterocycles. The van der Waals surface area contributed by atoms with Gasteiger partial charge in [0, 0.05) is 10.2 Å². The van der Waals surface area contributed by atoms with Gasteiger partial charge in [-0.25, -0.2) is 4.79 Å². The lowest BCUT2D eigenvalue weighted by atomic mass is 9.89. The van der Waals surface area contributed by atoms with E-state index in [0.29, 0.717) is 12.3 Å². The van der Waals surface area contributed by atoms with E-state index < -0.39 is 12.0 Å². The molecule has 1 aromatic carbocycles. The Morgan fingerprint density at radius 3 is 2.91 bits per heavy atom. The molecule has 2 N–H and O–H groups in total. The number of amides is 2. The van der Waals surface area contributed by atoms with Gasteiger partial charge in [0.2, 0.25) is 0 Å². The van der Waals surface area contributed by atoms with E-state index in [2.05, 4.69) is 33.1 Å². The average Bonchev–Trinajstić information content (AvgIpc) is 2.46. The van der Waals surface area contributed by atoms with Gasteiger partial charge < -0.3 is 15.4 Å². The predicted octanol–water partition coefficient (Wildman–Crippen LogP) is 3.28. The van der Waals surface area contributed by atoms with E-state index in [4.69, 9.17) is 4.74 Å². The number of esters is 1. The summed E-state index contributed by atoms with van der Waals surface area (Å²) in [5.74, 6) is -1.03. The van der Waals surface area contributed by atoms with Gasteiger partial charge in [0.15, 0.2) is 0 Å². The van der Waals surface area contributed by atoms with Crippen molar-refractivity contribution in [3.63, 3.8) is 0 Å². The number of halogens is 1. The molecule has 0 aliphatic carbocycles. The Morgan fingerprint density at radius 2 is 2.23 bits per heavy atom. The highest BCUT2D eigenvalue weighted by molar-refractivity contribution is 9.10. The van der Waals surface area contributed by atoms with E-state index in [0.717, 1.165) is 22.9 Å². The Morgan fingerprint density at radius 1 is 1.45 bits per heavy atom. The van der Waals surface area contributed by atoms with Crippen molar-refractivity contribution < 1.29 is 14.3 Å². The number of hydrogen-bond acceptors (Lipinski definition) is 3. The highest BCUT2D eigenvalue weighted by atomic mass is 79.9. The van der Waals surface area contributed by atoms with E-state index in [1.165, 1.54) is 0 Å². The molecule has 0 bridgehead atoms. The van der Waals surface area contributed by atoms with E-state index in [1.54, 1.807) is 0 Å². The normalized spacial score (nSPS) is 21.0. The Balaban J connectivity index is 2.24. The first-order chi connectivity index (χ1) is 10.5. The second kappa shape index (κ2) is 7.45. The number of benzene rings is 1. The molecule has 0 aromatic heterocycles.